The summed E-state index contributed by atoms with van der Waals surface area (Å²) in [6, 6.07) is 1.08. The third kappa shape index (κ3) is 5.34. The van der Waals surface area contributed by atoms with E-state index in [1.807, 2.05) is 0 Å². The molecule has 10 atom stereocenters. The first-order chi connectivity index (χ1) is 16.6. The van der Waals surface area contributed by atoms with E-state index in [1.165, 1.54) is 45.6 Å². The molecule has 0 spiro atoms. The van der Waals surface area contributed by atoms with Gasteiger partial charge in [0.05, 0.1) is 13.2 Å². The molecule has 35 heavy (non-hydrogen) atoms. The largest absolute Gasteiger partial charge is 0.469 e. The van der Waals surface area contributed by atoms with E-state index in [0.29, 0.717) is 47.6 Å². The molecular formula is C30H54N2O3. The summed E-state index contributed by atoms with van der Waals surface area (Å²) in [5, 5.41) is 18.8. The standard InChI is InChI=1S/C30H54N2O3/c1-19(2)31-15-16-32-21-11-13-30(5)25-12-14-29(4)23(20(3)7-10-28(34)35-6)8-9-24(29)22(25)18-27(33)26(30)17-21/h19-27,31-33H,7-18H2,1-6H3/t20-,21+,22?,23?,24?,25?,26+,27+,29-,30-/m1/s1. The van der Waals surface area contributed by atoms with Crippen LogP contribution < -0.4 is 10.6 Å². The Kier molecular flexibility index (Phi) is 8.60. The Labute approximate surface area is 214 Å². The van der Waals surface area contributed by atoms with Crippen LogP contribution in [0.25, 0.3) is 0 Å². The van der Waals surface area contributed by atoms with Crippen molar-refractivity contribution in [1.29, 1.82) is 0 Å². The average Bonchev–Trinajstić information content (AvgIpc) is 3.18. The molecule has 0 aromatic heterocycles. The fourth-order valence-corrected chi connectivity index (χ4v) is 9.75. The molecule has 0 heterocycles. The van der Waals surface area contributed by atoms with Crippen LogP contribution in [0.3, 0.4) is 0 Å². The molecule has 0 amide bonds. The number of methoxy groups -OCH3 is 1. The summed E-state index contributed by atoms with van der Waals surface area (Å²) < 4.78 is 4.91. The maximum Gasteiger partial charge on any atom is 0.305 e. The molecule has 0 radical (unpaired) electrons. The van der Waals surface area contributed by atoms with Crippen LogP contribution >= 0.6 is 0 Å². The van der Waals surface area contributed by atoms with Gasteiger partial charge in [-0.2, -0.15) is 0 Å². The molecule has 5 heteroatoms. The highest BCUT2D eigenvalue weighted by atomic mass is 16.5. The Balaban J connectivity index is 1.40. The van der Waals surface area contributed by atoms with Crippen LogP contribution in [-0.4, -0.2) is 49.5 Å². The number of hydrogen-bond donors (Lipinski definition) is 3. The lowest BCUT2D eigenvalue weighted by atomic mass is 9.43. The quantitative estimate of drug-likeness (QED) is 0.308. The number of rotatable bonds is 9. The number of nitrogens with one attached hydrogen (secondary N) is 2. The first-order valence-electron chi connectivity index (χ1n) is 14.8. The van der Waals surface area contributed by atoms with Crippen LogP contribution in [0, 0.1) is 46.3 Å². The van der Waals surface area contributed by atoms with Gasteiger partial charge in [-0.1, -0.05) is 34.6 Å². The van der Waals surface area contributed by atoms with Crippen molar-refractivity contribution in [3.8, 4) is 0 Å². The number of ether oxygens (including phenoxy) is 1. The second-order valence-electron chi connectivity index (χ2n) is 13.6. The fourth-order valence-electron chi connectivity index (χ4n) is 9.75. The van der Waals surface area contributed by atoms with Gasteiger partial charge in [0.2, 0.25) is 0 Å². The number of carbonyl (C=O) groups excluding carboxylic acids is 1. The van der Waals surface area contributed by atoms with Gasteiger partial charge in [0.1, 0.15) is 0 Å². The molecule has 4 saturated carbocycles. The number of aliphatic hydroxyl groups is 1. The second kappa shape index (κ2) is 11.0. The Morgan fingerprint density at radius 3 is 2.40 bits per heavy atom. The monoisotopic (exact) mass is 490 g/mol. The lowest BCUT2D eigenvalue weighted by Gasteiger charge is -2.62. The van der Waals surface area contributed by atoms with Gasteiger partial charge in [-0.3, -0.25) is 4.79 Å². The minimum absolute atomic E-state index is 0.0732. The Bertz CT molecular complexity index is 728. The maximum absolute atomic E-state index is 11.8. The molecule has 4 aliphatic rings. The zero-order valence-electron chi connectivity index (χ0n) is 23.4. The fraction of sp³-hybridized carbons (Fsp3) is 0.967. The van der Waals surface area contributed by atoms with E-state index >= 15 is 0 Å². The zero-order chi connectivity index (χ0) is 25.4. The average molecular weight is 491 g/mol. The molecule has 4 aliphatic carbocycles. The molecule has 0 saturated heterocycles. The number of fused-ring (bicyclic) bond motifs is 5. The van der Waals surface area contributed by atoms with Crippen molar-refractivity contribution in [3.63, 3.8) is 0 Å². The molecule has 202 valence electrons. The van der Waals surface area contributed by atoms with Crippen LogP contribution in [-0.2, 0) is 9.53 Å². The van der Waals surface area contributed by atoms with Crippen molar-refractivity contribution >= 4 is 5.97 Å². The molecule has 4 rings (SSSR count). The van der Waals surface area contributed by atoms with Gasteiger partial charge in [-0.05, 0) is 104 Å². The summed E-state index contributed by atoms with van der Waals surface area (Å²) in [4.78, 5) is 11.8. The summed E-state index contributed by atoms with van der Waals surface area (Å²) in [5.41, 5.74) is 0.647. The Hall–Kier alpha value is -0.650. The predicted molar refractivity (Wildman–Crippen MR) is 142 cm³/mol. The highest BCUT2D eigenvalue weighted by Crippen LogP contribution is 2.68. The number of carbonyl (C=O) groups is 1. The minimum Gasteiger partial charge on any atom is -0.469 e. The van der Waals surface area contributed by atoms with Crippen LogP contribution in [0.5, 0.6) is 0 Å². The number of esters is 1. The van der Waals surface area contributed by atoms with Crippen LogP contribution in [0.2, 0.25) is 0 Å². The number of aliphatic hydroxyl groups excluding tert-OH is 1. The lowest BCUT2D eigenvalue weighted by Crippen LogP contribution is -2.59. The molecule has 4 unspecified atom stereocenters. The normalized spacial score (nSPS) is 43.8. The van der Waals surface area contributed by atoms with Gasteiger partial charge in [-0.25, -0.2) is 0 Å². The van der Waals surface area contributed by atoms with Crippen LogP contribution in [0.1, 0.15) is 98.8 Å². The molecule has 3 N–H and O–H groups in total. The summed E-state index contributed by atoms with van der Waals surface area (Å²) in [6.07, 6.45) is 11.2. The van der Waals surface area contributed by atoms with E-state index in [9.17, 15) is 9.90 Å². The van der Waals surface area contributed by atoms with Crippen molar-refractivity contribution in [2.45, 2.75) is 117 Å². The summed E-state index contributed by atoms with van der Waals surface area (Å²) >= 11 is 0. The third-order valence-electron chi connectivity index (χ3n) is 11.6. The third-order valence-corrected chi connectivity index (χ3v) is 11.6. The van der Waals surface area contributed by atoms with Crippen molar-refractivity contribution in [1.82, 2.24) is 10.6 Å². The maximum atomic E-state index is 11.8. The topological polar surface area (TPSA) is 70.6 Å². The van der Waals surface area contributed by atoms with E-state index in [0.717, 1.165) is 44.2 Å². The van der Waals surface area contributed by atoms with Gasteiger partial charge < -0.3 is 20.5 Å². The van der Waals surface area contributed by atoms with Gasteiger partial charge >= 0.3 is 5.97 Å². The first-order valence-corrected chi connectivity index (χ1v) is 14.8. The highest BCUT2D eigenvalue weighted by molar-refractivity contribution is 5.69. The Morgan fingerprint density at radius 1 is 0.971 bits per heavy atom. The Morgan fingerprint density at radius 2 is 1.69 bits per heavy atom. The van der Waals surface area contributed by atoms with E-state index in [1.54, 1.807) is 0 Å². The number of hydrogen-bond acceptors (Lipinski definition) is 5. The van der Waals surface area contributed by atoms with E-state index in [4.69, 9.17) is 4.74 Å². The summed E-state index contributed by atoms with van der Waals surface area (Å²) in [7, 11) is 1.50. The van der Waals surface area contributed by atoms with Crippen molar-refractivity contribution in [2.24, 2.45) is 46.3 Å². The van der Waals surface area contributed by atoms with Crippen molar-refractivity contribution < 1.29 is 14.6 Å². The summed E-state index contributed by atoms with van der Waals surface area (Å²) in [6.45, 7) is 13.9. The smallest absolute Gasteiger partial charge is 0.305 e. The molecule has 0 aliphatic heterocycles. The van der Waals surface area contributed by atoms with E-state index < -0.39 is 0 Å². The lowest BCUT2D eigenvalue weighted by molar-refractivity contribution is -0.162. The molecule has 0 aromatic carbocycles. The molecular weight excluding hydrogens is 436 g/mol. The van der Waals surface area contributed by atoms with E-state index in [-0.39, 0.29) is 17.5 Å². The second-order valence-corrected chi connectivity index (χ2v) is 13.6. The first kappa shape index (κ1) is 27.4. The van der Waals surface area contributed by atoms with Gasteiger partial charge in [0.15, 0.2) is 0 Å². The van der Waals surface area contributed by atoms with Crippen molar-refractivity contribution in [2.75, 3.05) is 20.2 Å². The minimum atomic E-state index is -0.155. The van der Waals surface area contributed by atoms with Gasteiger partial charge in [-0.15, -0.1) is 0 Å². The summed E-state index contributed by atoms with van der Waals surface area (Å²) in [5.74, 6) is 3.79. The van der Waals surface area contributed by atoms with Gasteiger partial charge in [0.25, 0.3) is 0 Å². The molecule has 0 bridgehead atoms. The van der Waals surface area contributed by atoms with Crippen molar-refractivity contribution in [3.05, 3.63) is 0 Å². The highest BCUT2D eigenvalue weighted by Gasteiger charge is 2.62. The SMILES string of the molecule is COC(=O)CC[C@@H](C)C1CCC2C3C[C@H](O)[C@@H]4C[C@@H](NCCNC(C)C)CC[C@]4(C)C3CC[C@@]21C. The van der Waals surface area contributed by atoms with E-state index in [2.05, 4.69) is 45.3 Å². The van der Waals surface area contributed by atoms with Gasteiger partial charge in [0, 0.05) is 31.6 Å². The van der Waals surface area contributed by atoms with Crippen LogP contribution in [0.15, 0.2) is 0 Å². The predicted octanol–water partition coefficient (Wildman–Crippen LogP) is 5.16. The molecule has 5 nitrogen and oxygen atoms in total. The molecule has 4 fully saturated rings. The zero-order valence-corrected chi connectivity index (χ0v) is 23.4. The van der Waals surface area contributed by atoms with Crippen LogP contribution in [0.4, 0.5) is 0 Å². The molecule has 0 aromatic rings.